The van der Waals surface area contributed by atoms with Gasteiger partial charge in [0.25, 0.3) is 5.92 Å². The molecule has 114 valence electrons. The first-order valence-corrected chi connectivity index (χ1v) is 7.41. The summed E-state index contributed by atoms with van der Waals surface area (Å²) in [6, 6.07) is 0.0596. The lowest BCUT2D eigenvalue weighted by atomic mass is 9.85. The molecule has 0 aromatic carbocycles. The monoisotopic (exact) mass is 288 g/mol. The summed E-state index contributed by atoms with van der Waals surface area (Å²) in [6.45, 7) is 0.0584. The number of amides is 2. The van der Waals surface area contributed by atoms with E-state index >= 15 is 0 Å². The van der Waals surface area contributed by atoms with Gasteiger partial charge in [-0.2, -0.15) is 0 Å². The molecular formula is C14H22F2N2O2. The van der Waals surface area contributed by atoms with Gasteiger partial charge in [-0.1, -0.05) is 6.42 Å². The van der Waals surface area contributed by atoms with Gasteiger partial charge in [-0.3, -0.25) is 9.59 Å². The number of carbonyl (C=O) groups is 2. The lowest BCUT2D eigenvalue weighted by Crippen LogP contribution is -2.41. The van der Waals surface area contributed by atoms with Crippen LogP contribution in [0.25, 0.3) is 0 Å². The Labute approximate surface area is 117 Å². The third-order valence-corrected chi connectivity index (χ3v) is 4.26. The molecule has 2 fully saturated rings. The quantitative estimate of drug-likeness (QED) is 0.813. The molecule has 4 nitrogen and oxygen atoms in total. The molecular weight excluding hydrogens is 266 g/mol. The normalized spacial score (nSPS) is 29.0. The zero-order chi connectivity index (χ0) is 14.6. The number of hydrogen-bond donors (Lipinski definition) is 2. The maximum Gasteiger partial charge on any atom is 0.252 e. The van der Waals surface area contributed by atoms with Crippen LogP contribution in [0.5, 0.6) is 0 Å². The van der Waals surface area contributed by atoms with Crippen LogP contribution in [0.1, 0.15) is 51.4 Å². The molecule has 0 radical (unpaired) electrons. The predicted molar refractivity (Wildman–Crippen MR) is 70.3 cm³/mol. The first-order chi connectivity index (χ1) is 9.47. The summed E-state index contributed by atoms with van der Waals surface area (Å²) in [5, 5.41) is 5.40. The van der Waals surface area contributed by atoms with Crippen LogP contribution >= 0.6 is 0 Å². The maximum atomic E-state index is 13.6. The second-order valence-electron chi connectivity index (χ2n) is 5.85. The fourth-order valence-corrected chi connectivity index (χ4v) is 2.94. The maximum absolute atomic E-state index is 13.6. The third-order valence-electron chi connectivity index (χ3n) is 4.26. The van der Waals surface area contributed by atoms with Crippen molar-refractivity contribution < 1.29 is 18.4 Å². The summed E-state index contributed by atoms with van der Waals surface area (Å²) >= 11 is 0. The molecule has 0 spiro atoms. The van der Waals surface area contributed by atoms with Crippen LogP contribution in [0.2, 0.25) is 0 Å². The third kappa shape index (κ3) is 4.15. The number of nitrogens with one attached hydrogen (secondary N) is 2. The second-order valence-corrected chi connectivity index (χ2v) is 5.85. The first-order valence-electron chi connectivity index (χ1n) is 7.41. The lowest BCUT2D eigenvalue weighted by molar-refractivity contribution is -0.124. The van der Waals surface area contributed by atoms with Crippen LogP contribution in [0.4, 0.5) is 8.78 Å². The van der Waals surface area contributed by atoms with Gasteiger partial charge in [0.15, 0.2) is 0 Å². The van der Waals surface area contributed by atoms with Gasteiger partial charge in [0.05, 0.1) is 0 Å². The summed E-state index contributed by atoms with van der Waals surface area (Å²) in [5.74, 6) is -3.55. The van der Waals surface area contributed by atoms with E-state index in [1.165, 1.54) is 0 Å². The standard InChI is InChI=1S/C14H22F2N2O2/c15-14(16)8-2-1-3-10(14)9-17-12(19)6-4-11-5-7-13(20)18-11/h10-11H,1-9H2,(H,17,19)(H,18,20). The highest BCUT2D eigenvalue weighted by Crippen LogP contribution is 2.37. The Bertz CT molecular complexity index is 374. The molecule has 1 heterocycles. The van der Waals surface area contributed by atoms with Gasteiger partial charge in [-0.15, -0.1) is 0 Å². The predicted octanol–water partition coefficient (Wildman–Crippen LogP) is 1.99. The van der Waals surface area contributed by atoms with Crippen LogP contribution in [-0.4, -0.2) is 30.3 Å². The van der Waals surface area contributed by atoms with Gasteiger partial charge in [-0.25, -0.2) is 8.78 Å². The lowest BCUT2D eigenvalue weighted by Gasteiger charge is -2.31. The van der Waals surface area contributed by atoms with E-state index < -0.39 is 11.8 Å². The summed E-state index contributed by atoms with van der Waals surface area (Å²) in [4.78, 5) is 22.7. The molecule has 0 aromatic rings. The molecule has 2 N–H and O–H groups in total. The minimum atomic E-state index is -2.65. The van der Waals surface area contributed by atoms with Crippen LogP contribution < -0.4 is 10.6 Å². The van der Waals surface area contributed by atoms with Gasteiger partial charge >= 0.3 is 0 Å². The molecule has 1 saturated heterocycles. The Morgan fingerprint density at radius 2 is 2.15 bits per heavy atom. The van der Waals surface area contributed by atoms with E-state index in [4.69, 9.17) is 0 Å². The summed E-state index contributed by atoms with van der Waals surface area (Å²) in [5.41, 5.74) is 0. The van der Waals surface area contributed by atoms with Crippen molar-refractivity contribution in [2.75, 3.05) is 6.54 Å². The van der Waals surface area contributed by atoms with Crippen LogP contribution in [0.3, 0.4) is 0 Å². The van der Waals surface area contributed by atoms with E-state index in [1.54, 1.807) is 0 Å². The summed E-state index contributed by atoms with van der Waals surface area (Å²) in [7, 11) is 0. The highest BCUT2D eigenvalue weighted by Gasteiger charge is 2.41. The van der Waals surface area contributed by atoms with Crippen LogP contribution in [-0.2, 0) is 9.59 Å². The average Bonchev–Trinajstić information content (AvgIpc) is 2.80. The highest BCUT2D eigenvalue weighted by molar-refractivity contribution is 5.79. The molecule has 1 aliphatic heterocycles. The molecule has 6 heteroatoms. The zero-order valence-electron chi connectivity index (χ0n) is 11.6. The Morgan fingerprint density at radius 1 is 1.35 bits per heavy atom. The van der Waals surface area contributed by atoms with Crippen molar-refractivity contribution in [3.8, 4) is 0 Å². The minimum Gasteiger partial charge on any atom is -0.356 e. The first kappa shape index (κ1) is 15.2. The largest absolute Gasteiger partial charge is 0.356 e. The van der Waals surface area contributed by atoms with E-state index in [0.717, 1.165) is 12.8 Å². The van der Waals surface area contributed by atoms with Crippen molar-refractivity contribution in [1.82, 2.24) is 10.6 Å². The summed E-state index contributed by atoms with van der Waals surface area (Å²) in [6.07, 6.45) is 3.92. The topological polar surface area (TPSA) is 58.2 Å². The second kappa shape index (κ2) is 6.50. The van der Waals surface area contributed by atoms with Gasteiger partial charge < -0.3 is 10.6 Å². The van der Waals surface area contributed by atoms with Crippen molar-refractivity contribution in [2.24, 2.45) is 5.92 Å². The van der Waals surface area contributed by atoms with E-state index in [0.29, 0.717) is 25.7 Å². The number of carbonyl (C=O) groups excluding carboxylic acids is 2. The van der Waals surface area contributed by atoms with E-state index in [1.807, 2.05) is 0 Å². The van der Waals surface area contributed by atoms with Crippen LogP contribution in [0.15, 0.2) is 0 Å². The molecule has 2 atom stereocenters. The van der Waals surface area contributed by atoms with Crippen molar-refractivity contribution in [1.29, 1.82) is 0 Å². The zero-order valence-corrected chi connectivity index (χ0v) is 11.6. The van der Waals surface area contributed by atoms with Crippen molar-refractivity contribution >= 4 is 11.8 Å². The fraction of sp³-hybridized carbons (Fsp3) is 0.857. The van der Waals surface area contributed by atoms with Gasteiger partial charge in [0, 0.05) is 37.8 Å². The number of halogens is 2. The van der Waals surface area contributed by atoms with Crippen molar-refractivity contribution in [2.45, 2.75) is 63.3 Å². The SMILES string of the molecule is O=C(CCC1CCC(=O)N1)NCC1CCCCC1(F)F. The molecule has 1 saturated carbocycles. The van der Waals surface area contributed by atoms with Gasteiger partial charge in [0.1, 0.15) is 0 Å². The smallest absolute Gasteiger partial charge is 0.252 e. The fourth-order valence-electron chi connectivity index (χ4n) is 2.94. The van der Waals surface area contributed by atoms with E-state index in [-0.39, 0.29) is 37.2 Å². The van der Waals surface area contributed by atoms with Gasteiger partial charge in [-0.05, 0) is 25.7 Å². The van der Waals surface area contributed by atoms with Crippen molar-refractivity contribution in [3.63, 3.8) is 0 Å². The molecule has 2 aliphatic rings. The molecule has 0 bridgehead atoms. The number of alkyl halides is 2. The Morgan fingerprint density at radius 3 is 2.80 bits per heavy atom. The minimum absolute atomic E-state index is 0.0252. The van der Waals surface area contributed by atoms with Crippen LogP contribution in [0, 0.1) is 5.92 Å². The van der Waals surface area contributed by atoms with Gasteiger partial charge in [0.2, 0.25) is 11.8 Å². The highest BCUT2D eigenvalue weighted by atomic mass is 19.3. The molecule has 2 rings (SSSR count). The average molecular weight is 288 g/mol. The summed E-state index contributed by atoms with van der Waals surface area (Å²) < 4.78 is 27.2. The Balaban J connectivity index is 1.65. The molecule has 0 aromatic heterocycles. The Kier molecular flexibility index (Phi) is 4.94. The van der Waals surface area contributed by atoms with Crippen molar-refractivity contribution in [3.05, 3.63) is 0 Å². The van der Waals surface area contributed by atoms with E-state index in [9.17, 15) is 18.4 Å². The molecule has 20 heavy (non-hydrogen) atoms. The molecule has 2 unspecified atom stereocenters. The molecule has 2 amide bonds. The number of hydrogen-bond acceptors (Lipinski definition) is 2. The molecule has 1 aliphatic carbocycles. The van der Waals surface area contributed by atoms with E-state index in [2.05, 4.69) is 10.6 Å². The number of rotatable bonds is 5. The Hall–Kier alpha value is -1.20.